The Balaban J connectivity index is 2.50. The smallest absolute Gasteiger partial charge is 0.354 e. The Morgan fingerprint density at radius 3 is 2.67 bits per heavy atom. The van der Waals surface area contributed by atoms with E-state index in [-0.39, 0.29) is 10.6 Å². The summed E-state index contributed by atoms with van der Waals surface area (Å²) in [6.45, 7) is 4.50. The topological polar surface area (TPSA) is 102 Å². The normalized spacial score (nSPS) is 11.8. The molecule has 1 aromatic rings. The number of ether oxygens (including phenoxy) is 1. The van der Waals surface area contributed by atoms with Crippen LogP contribution in [0.2, 0.25) is 0 Å². The molecule has 6 nitrogen and oxygen atoms in total. The Morgan fingerprint density at radius 2 is 2.17 bits per heavy atom. The highest BCUT2D eigenvalue weighted by Crippen LogP contribution is 2.10. The molecule has 0 aliphatic carbocycles. The van der Waals surface area contributed by atoms with Crippen molar-refractivity contribution in [3.63, 3.8) is 0 Å². The largest absolute Gasteiger partial charge is 0.461 e. The molecule has 0 aliphatic rings. The van der Waals surface area contributed by atoms with E-state index < -0.39 is 16.0 Å². The van der Waals surface area contributed by atoms with Crippen LogP contribution in [0.5, 0.6) is 0 Å². The minimum atomic E-state index is -3.79. The monoisotopic (exact) mass is 274 g/mol. The maximum Gasteiger partial charge on any atom is 0.354 e. The van der Waals surface area contributed by atoms with Crippen LogP contribution in [0.15, 0.2) is 17.2 Å². The summed E-state index contributed by atoms with van der Waals surface area (Å²) >= 11 is 0. The maximum atomic E-state index is 11.5. The highest BCUT2D eigenvalue weighted by atomic mass is 32.2. The van der Waals surface area contributed by atoms with Gasteiger partial charge in [0.2, 0.25) is 10.0 Å². The van der Waals surface area contributed by atoms with Crippen LogP contribution < -0.4 is 5.14 Å². The Hall–Kier alpha value is -1.34. The van der Waals surface area contributed by atoms with Crippen LogP contribution in [0.1, 0.15) is 37.2 Å². The summed E-state index contributed by atoms with van der Waals surface area (Å²) < 4.78 is 27.0. The summed E-state index contributed by atoms with van der Waals surface area (Å²) in [5.41, 5.74) is 0.0866. The zero-order chi connectivity index (χ0) is 13.8. The summed E-state index contributed by atoms with van der Waals surface area (Å²) in [6.07, 6.45) is 2.92. The number of nitrogens with one attached hydrogen (secondary N) is 1. The van der Waals surface area contributed by atoms with E-state index in [4.69, 9.17) is 9.88 Å². The number of carbonyl (C=O) groups excluding carboxylic acids is 1. The molecule has 7 heteroatoms. The number of primary sulfonamides is 1. The fourth-order valence-corrected chi connectivity index (χ4v) is 1.90. The number of carbonyl (C=O) groups is 1. The number of hydrogen-bond acceptors (Lipinski definition) is 4. The second-order valence-electron chi connectivity index (χ2n) is 4.47. The quantitative estimate of drug-likeness (QED) is 0.602. The Kier molecular flexibility index (Phi) is 4.92. The van der Waals surface area contributed by atoms with Gasteiger partial charge in [-0.25, -0.2) is 18.4 Å². The Morgan fingerprint density at radius 1 is 1.50 bits per heavy atom. The SMILES string of the molecule is CC(C)CCCOC(=O)c1cc(S(N)(=O)=O)c[nH]1. The molecule has 0 amide bonds. The highest BCUT2D eigenvalue weighted by molar-refractivity contribution is 7.89. The molecule has 3 N–H and O–H groups in total. The standard InChI is InChI=1S/C11H18N2O4S/c1-8(2)4-3-5-17-11(14)10-6-9(7-13-10)18(12,15)16/h6-8,13H,3-5H2,1-2H3,(H2,12,15,16). The molecule has 0 spiro atoms. The summed E-state index contributed by atoms with van der Waals surface area (Å²) in [5, 5.41) is 4.93. The number of sulfonamides is 1. The summed E-state index contributed by atoms with van der Waals surface area (Å²) in [4.78, 5) is 13.9. The second kappa shape index (κ2) is 6.01. The van der Waals surface area contributed by atoms with E-state index in [0.717, 1.165) is 12.8 Å². The average molecular weight is 274 g/mol. The average Bonchev–Trinajstić information content (AvgIpc) is 2.72. The van der Waals surface area contributed by atoms with E-state index in [0.29, 0.717) is 12.5 Å². The van der Waals surface area contributed by atoms with Crippen molar-refractivity contribution in [2.75, 3.05) is 6.61 Å². The summed E-state index contributed by atoms with van der Waals surface area (Å²) in [5.74, 6) is -0.0168. The van der Waals surface area contributed by atoms with Gasteiger partial charge < -0.3 is 9.72 Å². The third kappa shape index (κ3) is 4.50. The van der Waals surface area contributed by atoms with E-state index >= 15 is 0 Å². The van der Waals surface area contributed by atoms with Gasteiger partial charge >= 0.3 is 5.97 Å². The number of esters is 1. The molecule has 0 fully saturated rings. The fraction of sp³-hybridized carbons (Fsp3) is 0.545. The van der Waals surface area contributed by atoms with Crippen LogP contribution in [0, 0.1) is 5.92 Å². The molecule has 0 radical (unpaired) electrons. The molecule has 1 rings (SSSR count). The molecule has 1 aromatic heterocycles. The molecule has 0 aliphatic heterocycles. The molecule has 0 aromatic carbocycles. The van der Waals surface area contributed by atoms with Crippen LogP contribution in [-0.2, 0) is 14.8 Å². The van der Waals surface area contributed by atoms with Gasteiger partial charge in [0, 0.05) is 6.20 Å². The minimum absolute atomic E-state index is 0.0866. The van der Waals surface area contributed by atoms with Crippen LogP contribution in [0.4, 0.5) is 0 Å². The first kappa shape index (κ1) is 14.7. The number of aromatic amines is 1. The molecule has 0 atom stereocenters. The number of rotatable bonds is 6. The fourth-order valence-electron chi connectivity index (χ4n) is 1.39. The second-order valence-corrected chi connectivity index (χ2v) is 6.03. The third-order valence-corrected chi connectivity index (χ3v) is 3.26. The van der Waals surface area contributed by atoms with Gasteiger partial charge in [-0.05, 0) is 24.8 Å². The minimum Gasteiger partial charge on any atom is -0.461 e. The molecule has 0 bridgehead atoms. The van der Waals surface area contributed by atoms with Gasteiger partial charge in [-0.15, -0.1) is 0 Å². The van der Waals surface area contributed by atoms with Crippen molar-refractivity contribution in [1.29, 1.82) is 0 Å². The van der Waals surface area contributed by atoms with Crippen LogP contribution >= 0.6 is 0 Å². The molecule has 18 heavy (non-hydrogen) atoms. The predicted octanol–water partition coefficient (Wildman–Crippen LogP) is 1.26. The molecule has 102 valence electrons. The lowest BCUT2D eigenvalue weighted by atomic mass is 10.1. The van der Waals surface area contributed by atoms with E-state index in [2.05, 4.69) is 18.8 Å². The van der Waals surface area contributed by atoms with Crippen LogP contribution in [0.3, 0.4) is 0 Å². The van der Waals surface area contributed by atoms with Crippen molar-refractivity contribution in [3.8, 4) is 0 Å². The summed E-state index contributed by atoms with van der Waals surface area (Å²) in [6, 6.07) is 1.17. The Labute approximate surface area is 107 Å². The van der Waals surface area contributed by atoms with Crippen molar-refractivity contribution in [3.05, 3.63) is 18.0 Å². The van der Waals surface area contributed by atoms with Crippen LogP contribution in [-0.4, -0.2) is 26.0 Å². The Bertz CT molecular complexity index is 505. The van der Waals surface area contributed by atoms with Gasteiger partial charge in [-0.2, -0.15) is 0 Å². The predicted molar refractivity (Wildman–Crippen MR) is 66.5 cm³/mol. The van der Waals surface area contributed by atoms with E-state index in [1.165, 1.54) is 12.3 Å². The first-order chi connectivity index (χ1) is 8.30. The number of H-pyrrole nitrogens is 1. The lowest BCUT2D eigenvalue weighted by molar-refractivity contribution is 0.0488. The van der Waals surface area contributed by atoms with Gasteiger partial charge in [-0.3, -0.25) is 0 Å². The maximum absolute atomic E-state index is 11.5. The third-order valence-electron chi connectivity index (χ3n) is 2.36. The van der Waals surface area contributed by atoms with Crippen molar-refractivity contribution in [2.45, 2.75) is 31.6 Å². The van der Waals surface area contributed by atoms with Crippen LogP contribution in [0.25, 0.3) is 0 Å². The van der Waals surface area contributed by atoms with E-state index in [9.17, 15) is 13.2 Å². The molecule has 0 unspecified atom stereocenters. The highest BCUT2D eigenvalue weighted by Gasteiger charge is 2.15. The lowest BCUT2D eigenvalue weighted by Crippen LogP contribution is -2.11. The van der Waals surface area contributed by atoms with E-state index in [1.807, 2.05) is 0 Å². The van der Waals surface area contributed by atoms with Crippen molar-refractivity contribution in [2.24, 2.45) is 11.1 Å². The van der Waals surface area contributed by atoms with Gasteiger partial charge in [-0.1, -0.05) is 13.8 Å². The zero-order valence-corrected chi connectivity index (χ0v) is 11.3. The molecule has 1 heterocycles. The molecule has 0 saturated heterocycles. The summed E-state index contributed by atoms with van der Waals surface area (Å²) in [7, 11) is -3.79. The first-order valence-electron chi connectivity index (χ1n) is 5.69. The number of hydrogen-bond donors (Lipinski definition) is 2. The molecular formula is C11H18N2O4S. The van der Waals surface area contributed by atoms with Gasteiger partial charge in [0.05, 0.1) is 6.61 Å². The van der Waals surface area contributed by atoms with Crippen molar-refractivity contribution < 1.29 is 17.9 Å². The van der Waals surface area contributed by atoms with Crippen molar-refractivity contribution >= 4 is 16.0 Å². The van der Waals surface area contributed by atoms with Gasteiger partial charge in [0.25, 0.3) is 0 Å². The first-order valence-corrected chi connectivity index (χ1v) is 7.23. The van der Waals surface area contributed by atoms with E-state index in [1.54, 1.807) is 0 Å². The lowest BCUT2D eigenvalue weighted by Gasteiger charge is -2.05. The molecule has 0 saturated carbocycles. The van der Waals surface area contributed by atoms with Gasteiger partial charge in [0.15, 0.2) is 0 Å². The van der Waals surface area contributed by atoms with Gasteiger partial charge in [0.1, 0.15) is 10.6 Å². The molecular weight excluding hydrogens is 256 g/mol. The zero-order valence-electron chi connectivity index (χ0n) is 10.5. The number of aromatic nitrogens is 1. The van der Waals surface area contributed by atoms with Crippen molar-refractivity contribution in [1.82, 2.24) is 4.98 Å². The number of nitrogens with two attached hydrogens (primary N) is 1.